The Kier molecular flexibility index (Phi) is 3.90. The lowest BCUT2D eigenvalue weighted by molar-refractivity contribution is 0.394. The van der Waals surface area contributed by atoms with Gasteiger partial charge in [0.1, 0.15) is 11.5 Å². The number of rotatable bonds is 4. The lowest BCUT2D eigenvalue weighted by Gasteiger charge is -2.07. The van der Waals surface area contributed by atoms with E-state index in [1.165, 1.54) is 0 Å². The van der Waals surface area contributed by atoms with E-state index in [4.69, 9.17) is 9.26 Å². The molecule has 2 rings (SSSR count). The Hall–Kier alpha value is -0.940. The molecule has 2 aromatic rings. The number of nitrogens with zero attached hydrogens (tertiary/aromatic N) is 1. The van der Waals surface area contributed by atoms with Crippen molar-refractivity contribution in [3.05, 3.63) is 40.7 Å². The minimum absolute atomic E-state index is 0.743. The van der Waals surface area contributed by atoms with Crippen molar-refractivity contribution in [3.8, 4) is 5.75 Å². The van der Waals surface area contributed by atoms with Crippen LogP contribution in [0.4, 0.5) is 0 Å². The van der Waals surface area contributed by atoms with Crippen molar-refractivity contribution in [3.63, 3.8) is 0 Å². The van der Waals surface area contributed by atoms with Gasteiger partial charge < -0.3 is 9.26 Å². The van der Waals surface area contributed by atoms with Gasteiger partial charge in [0, 0.05) is 10.5 Å². The molecule has 0 fully saturated rings. The minimum Gasteiger partial charge on any atom is -0.496 e. The summed E-state index contributed by atoms with van der Waals surface area (Å²) in [5.41, 5.74) is 0. The summed E-state index contributed by atoms with van der Waals surface area (Å²) >= 11 is 5.09. The van der Waals surface area contributed by atoms with Crippen LogP contribution in [0.3, 0.4) is 0 Å². The van der Waals surface area contributed by atoms with Crippen LogP contribution in [0.25, 0.3) is 0 Å². The Balaban J connectivity index is 2.11. The van der Waals surface area contributed by atoms with E-state index in [0.717, 1.165) is 26.6 Å². The number of methoxy groups -OCH3 is 1. The van der Waals surface area contributed by atoms with Crippen LogP contribution in [-0.2, 0) is 5.75 Å². The van der Waals surface area contributed by atoms with E-state index in [0.29, 0.717) is 0 Å². The summed E-state index contributed by atoms with van der Waals surface area (Å²) in [6, 6.07) is 7.78. The average Bonchev–Trinajstić information content (AvgIpc) is 2.79. The van der Waals surface area contributed by atoms with Crippen LogP contribution < -0.4 is 4.74 Å². The number of hydrogen-bond acceptors (Lipinski definition) is 4. The SMILES string of the molecule is COc1ccc(Br)cc1SCc1ccno1. The van der Waals surface area contributed by atoms with Crippen molar-refractivity contribution in [1.29, 1.82) is 0 Å². The van der Waals surface area contributed by atoms with E-state index < -0.39 is 0 Å². The molecular weight excluding hydrogens is 290 g/mol. The fourth-order valence-corrected chi connectivity index (χ4v) is 2.69. The number of halogens is 1. The molecule has 0 unspecified atom stereocenters. The van der Waals surface area contributed by atoms with Crippen molar-refractivity contribution in [1.82, 2.24) is 5.16 Å². The smallest absolute Gasteiger partial charge is 0.146 e. The van der Waals surface area contributed by atoms with Gasteiger partial charge in [-0.2, -0.15) is 0 Å². The van der Waals surface area contributed by atoms with Crippen molar-refractivity contribution in [2.24, 2.45) is 0 Å². The largest absolute Gasteiger partial charge is 0.496 e. The lowest BCUT2D eigenvalue weighted by atomic mass is 10.3. The van der Waals surface area contributed by atoms with Crippen LogP contribution in [0.2, 0.25) is 0 Å². The van der Waals surface area contributed by atoms with Crippen LogP contribution in [-0.4, -0.2) is 12.3 Å². The molecular formula is C11H10BrNO2S. The highest BCUT2D eigenvalue weighted by Crippen LogP contribution is 2.33. The van der Waals surface area contributed by atoms with Gasteiger partial charge in [-0.15, -0.1) is 11.8 Å². The quantitative estimate of drug-likeness (QED) is 0.806. The van der Waals surface area contributed by atoms with Crippen LogP contribution >= 0.6 is 27.7 Å². The zero-order valence-electron chi connectivity index (χ0n) is 8.64. The normalized spacial score (nSPS) is 10.4. The third-order valence-corrected chi connectivity index (χ3v) is 3.54. The van der Waals surface area contributed by atoms with Gasteiger partial charge >= 0.3 is 0 Å². The summed E-state index contributed by atoms with van der Waals surface area (Å²) in [4.78, 5) is 1.08. The Morgan fingerprint density at radius 2 is 2.31 bits per heavy atom. The number of hydrogen-bond donors (Lipinski definition) is 0. The molecule has 84 valence electrons. The molecule has 1 aromatic carbocycles. The summed E-state index contributed by atoms with van der Waals surface area (Å²) in [6.45, 7) is 0. The standard InChI is InChI=1S/C11H10BrNO2S/c1-14-10-3-2-8(12)6-11(10)16-7-9-4-5-13-15-9/h2-6H,7H2,1H3. The minimum atomic E-state index is 0.743. The molecule has 1 heterocycles. The number of ether oxygens (including phenoxy) is 1. The fraction of sp³-hybridized carbons (Fsp3) is 0.182. The molecule has 5 heteroatoms. The Bertz CT molecular complexity index is 459. The first-order chi connectivity index (χ1) is 7.79. The van der Waals surface area contributed by atoms with E-state index in [2.05, 4.69) is 21.1 Å². The van der Waals surface area contributed by atoms with Crippen LogP contribution in [0.15, 0.2) is 44.4 Å². The molecule has 16 heavy (non-hydrogen) atoms. The highest BCUT2D eigenvalue weighted by molar-refractivity contribution is 9.10. The third-order valence-electron chi connectivity index (χ3n) is 1.99. The summed E-state index contributed by atoms with van der Waals surface area (Å²) in [5, 5.41) is 3.67. The first kappa shape index (κ1) is 11.5. The zero-order valence-corrected chi connectivity index (χ0v) is 11.0. The second-order valence-corrected chi connectivity index (χ2v) is 5.00. The number of benzene rings is 1. The molecule has 0 radical (unpaired) electrons. The van der Waals surface area contributed by atoms with Crippen molar-refractivity contribution < 1.29 is 9.26 Å². The zero-order chi connectivity index (χ0) is 11.4. The molecule has 0 aliphatic carbocycles. The fourth-order valence-electron chi connectivity index (χ4n) is 1.23. The van der Waals surface area contributed by atoms with Gasteiger partial charge in [0.05, 0.1) is 24.0 Å². The van der Waals surface area contributed by atoms with Gasteiger partial charge in [0.15, 0.2) is 0 Å². The average molecular weight is 300 g/mol. The lowest BCUT2D eigenvalue weighted by Crippen LogP contribution is -1.86. The Labute approximate surface area is 106 Å². The third kappa shape index (κ3) is 2.80. The molecule has 1 aromatic heterocycles. The Morgan fingerprint density at radius 1 is 1.44 bits per heavy atom. The van der Waals surface area contributed by atoms with Gasteiger partial charge in [-0.1, -0.05) is 21.1 Å². The summed E-state index contributed by atoms with van der Waals surface area (Å²) in [6.07, 6.45) is 1.65. The maximum absolute atomic E-state index is 5.28. The van der Waals surface area contributed by atoms with E-state index in [1.54, 1.807) is 25.1 Å². The molecule has 0 aliphatic heterocycles. The number of aromatic nitrogens is 1. The van der Waals surface area contributed by atoms with Crippen LogP contribution in [0.5, 0.6) is 5.75 Å². The molecule has 0 amide bonds. The molecule has 3 nitrogen and oxygen atoms in total. The number of thioether (sulfide) groups is 1. The summed E-state index contributed by atoms with van der Waals surface area (Å²) in [5.74, 6) is 2.46. The Morgan fingerprint density at radius 3 is 3.00 bits per heavy atom. The van der Waals surface area contributed by atoms with Gasteiger partial charge in [0.25, 0.3) is 0 Å². The highest BCUT2D eigenvalue weighted by Gasteiger charge is 2.06. The first-order valence-corrected chi connectivity index (χ1v) is 6.43. The second-order valence-electron chi connectivity index (χ2n) is 3.06. The van der Waals surface area contributed by atoms with E-state index in [-0.39, 0.29) is 0 Å². The van der Waals surface area contributed by atoms with Crippen molar-refractivity contribution in [2.75, 3.05) is 7.11 Å². The summed E-state index contributed by atoms with van der Waals surface area (Å²) < 4.78 is 11.4. The van der Waals surface area contributed by atoms with E-state index in [1.807, 2.05) is 24.3 Å². The molecule has 0 N–H and O–H groups in total. The molecule has 0 spiro atoms. The molecule has 0 saturated carbocycles. The van der Waals surface area contributed by atoms with Gasteiger partial charge in [-0.05, 0) is 18.2 Å². The van der Waals surface area contributed by atoms with E-state index in [9.17, 15) is 0 Å². The highest BCUT2D eigenvalue weighted by atomic mass is 79.9. The van der Waals surface area contributed by atoms with Gasteiger partial charge in [-0.3, -0.25) is 0 Å². The van der Waals surface area contributed by atoms with Crippen LogP contribution in [0.1, 0.15) is 5.76 Å². The van der Waals surface area contributed by atoms with Gasteiger partial charge in [0.2, 0.25) is 0 Å². The van der Waals surface area contributed by atoms with Crippen molar-refractivity contribution in [2.45, 2.75) is 10.6 Å². The monoisotopic (exact) mass is 299 g/mol. The predicted molar refractivity (Wildman–Crippen MR) is 66.8 cm³/mol. The van der Waals surface area contributed by atoms with Gasteiger partial charge in [-0.25, -0.2) is 0 Å². The molecule has 0 atom stereocenters. The van der Waals surface area contributed by atoms with E-state index >= 15 is 0 Å². The van der Waals surface area contributed by atoms with Crippen LogP contribution in [0, 0.1) is 0 Å². The predicted octanol–water partition coefficient (Wildman–Crippen LogP) is 3.74. The topological polar surface area (TPSA) is 35.3 Å². The second kappa shape index (κ2) is 5.41. The molecule has 0 saturated heterocycles. The first-order valence-electron chi connectivity index (χ1n) is 4.65. The molecule has 0 bridgehead atoms. The van der Waals surface area contributed by atoms with Crippen molar-refractivity contribution >= 4 is 27.7 Å². The summed E-state index contributed by atoms with van der Waals surface area (Å²) in [7, 11) is 1.67. The maximum Gasteiger partial charge on any atom is 0.146 e. The maximum atomic E-state index is 5.28. The molecule has 0 aliphatic rings.